The Kier molecular flexibility index (Phi) is 3.24. The van der Waals surface area contributed by atoms with Crippen LogP contribution in [0.1, 0.15) is 4.79 Å². The molecule has 0 fully saturated rings. The smallest absolute Gasteiger partial charge is 0.289 e. The summed E-state index contributed by atoms with van der Waals surface area (Å²) >= 11 is 2.13. The Hall–Kier alpha value is -2.51. The lowest BCUT2D eigenvalue weighted by Gasteiger charge is -2.04. The lowest BCUT2D eigenvalue weighted by Crippen LogP contribution is -2.28. The molecule has 23 heavy (non-hydrogen) atoms. The van der Waals surface area contributed by atoms with Gasteiger partial charge in [-0.1, -0.05) is 46.9 Å². The molecular weight excluding hydrogens is 332 g/mol. The minimum atomic E-state index is -0.405. The van der Waals surface area contributed by atoms with E-state index in [1.807, 2.05) is 24.3 Å². The van der Waals surface area contributed by atoms with Crippen LogP contribution in [0.4, 0.5) is 0 Å². The molecule has 0 aliphatic heterocycles. The fraction of sp³-hybridized carbons (Fsp3) is 0.0625. The van der Waals surface area contributed by atoms with Crippen molar-refractivity contribution >= 4 is 49.0 Å². The van der Waals surface area contributed by atoms with Gasteiger partial charge < -0.3 is 0 Å². The van der Waals surface area contributed by atoms with Gasteiger partial charge in [0.05, 0.1) is 20.4 Å². The molecule has 7 heteroatoms. The summed E-state index contributed by atoms with van der Waals surface area (Å²) in [5.41, 5.74) is 1.29. The van der Waals surface area contributed by atoms with Crippen LogP contribution in [0.15, 0.2) is 58.1 Å². The van der Waals surface area contributed by atoms with Crippen molar-refractivity contribution in [3.05, 3.63) is 67.9 Å². The van der Waals surface area contributed by atoms with Gasteiger partial charge >= 0.3 is 9.75 Å². The molecule has 0 atom stereocenters. The van der Waals surface area contributed by atoms with E-state index in [1.165, 1.54) is 4.57 Å². The molecule has 0 radical (unpaired) electrons. The van der Waals surface area contributed by atoms with Crippen LogP contribution in [0.2, 0.25) is 0 Å². The summed E-state index contributed by atoms with van der Waals surface area (Å²) in [7, 11) is 0. The maximum atomic E-state index is 12.6. The normalized spacial score (nSPS) is 11.3. The first kappa shape index (κ1) is 14.1. The number of aromatic nitrogens is 2. The zero-order valence-electron chi connectivity index (χ0n) is 11.8. The first-order chi connectivity index (χ1) is 11.1. The fourth-order valence-electron chi connectivity index (χ4n) is 2.57. The first-order valence-electron chi connectivity index (χ1n) is 6.87. The topological polar surface area (TPSA) is 61.1 Å². The molecule has 0 saturated carbocycles. The van der Waals surface area contributed by atoms with Crippen molar-refractivity contribution in [1.82, 2.24) is 9.13 Å². The minimum absolute atomic E-state index is 0.149. The van der Waals surface area contributed by atoms with Gasteiger partial charge in [-0.3, -0.25) is 19.0 Å². The highest BCUT2D eigenvalue weighted by Crippen LogP contribution is 2.18. The van der Waals surface area contributed by atoms with Crippen molar-refractivity contribution in [2.75, 3.05) is 0 Å². The summed E-state index contributed by atoms with van der Waals surface area (Å²) in [5.74, 6) is -0.405. The highest BCUT2D eigenvalue weighted by atomic mass is 32.1. The van der Waals surface area contributed by atoms with Gasteiger partial charge in [0.25, 0.3) is 5.91 Å². The van der Waals surface area contributed by atoms with E-state index >= 15 is 0 Å². The predicted octanol–water partition coefficient (Wildman–Crippen LogP) is 2.78. The Morgan fingerprint density at radius 1 is 0.826 bits per heavy atom. The minimum Gasteiger partial charge on any atom is -0.289 e. The molecule has 2 aromatic heterocycles. The second-order valence-corrected chi connectivity index (χ2v) is 6.97. The summed E-state index contributed by atoms with van der Waals surface area (Å²) in [6, 6.07) is 14.5. The molecule has 0 aliphatic carbocycles. The van der Waals surface area contributed by atoms with E-state index in [0.717, 1.165) is 36.6 Å². The number of fused-ring (bicyclic) bond motifs is 2. The molecule has 2 heterocycles. The standard InChI is InChI=1S/C16H10N2O3S2/c19-14(18-11-6-2-4-8-13(11)23-16(18)21)9-17-10-5-1-3-7-12(10)22-15(17)20/h1-8H,9H2. The molecule has 114 valence electrons. The quantitative estimate of drug-likeness (QED) is 0.563. The molecule has 4 aromatic rings. The van der Waals surface area contributed by atoms with E-state index in [0.29, 0.717) is 11.0 Å². The van der Waals surface area contributed by atoms with E-state index in [1.54, 1.807) is 24.3 Å². The van der Waals surface area contributed by atoms with Crippen LogP contribution in [-0.2, 0) is 6.54 Å². The van der Waals surface area contributed by atoms with Crippen LogP contribution in [0.25, 0.3) is 20.4 Å². The van der Waals surface area contributed by atoms with Crippen molar-refractivity contribution in [2.45, 2.75) is 6.54 Å². The van der Waals surface area contributed by atoms with Crippen molar-refractivity contribution in [3.8, 4) is 0 Å². The first-order valence-corrected chi connectivity index (χ1v) is 8.50. The number of carbonyl (C=O) groups excluding carboxylic acids is 1. The van der Waals surface area contributed by atoms with E-state index in [-0.39, 0.29) is 16.3 Å². The third kappa shape index (κ3) is 2.25. The van der Waals surface area contributed by atoms with Crippen LogP contribution < -0.4 is 9.75 Å². The molecule has 2 aromatic carbocycles. The lowest BCUT2D eigenvalue weighted by molar-refractivity contribution is 0.0895. The van der Waals surface area contributed by atoms with E-state index < -0.39 is 5.91 Å². The summed E-state index contributed by atoms with van der Waals surface area (Å²) < 4.78 is 4.15. The molecule has 5 nitrogen and oxygen atoms in total. The van der Waals surface area contributed by atoms with Gasteiger partial charge in [-0.2, -0.15) is 0 Å². The van der Waals surface area contributed by atoms with Gasteiger partial charge in [0.15, 0.2) is 0 Å². The number of hydrogen-bond acceptors (Lipinski definition) is 5. The Labute approximate surface area is 137 Å². The maximum Gasteiger partial charge on any atom is 0.315 e. The lowest BCUT2D eigenvalue weighted by atomic mass is 10.3. The molecule has 0 amide bonds. The summed E-state index contributed by atoms with van der Waals surface area (Å²) in [4.78, 5) is 36.4. The Morgan fingerprint density at radius 3 is 2.13 bits per heavy atom. The maximum absolute atomic E-state index is 12.6. The number of para-hydroxylation sites is 2. The third-order valence-corrected chi connectivity index (χ3v) is 5.48. The van der Waals surface area contributed by atoms with Crippen molar-refractivity contribution < 1.29 is 4.79 Å². The molecule has 4 rings (SSSR count). The van der Waals surface area contributed by atoms with Crippen molar-refractivity contribution in [2.24, 2.45) is 0 Å². The predicted molar refractivity (Wildman–Crippen MR) is 92.8 cm³/mol. The van der Waals surface area contributed by atoms with Gasteiger partial charge in [0.1, 0.15) is 6.54 Å². The number of hydrogen-bond donors (Lipinski definition) is 0. The molecule has 0 spiro atoms. The highest BCUT2D eigenvalue weighted by Gasteiger charge is 2.17. The molecule has 0 bridgehead atoms. The zero-order chi connectivity index (χ0) is 16.0. The summed E-state index contributed by atoms with van der Waals surface area (Å²) in [6.07, 6.45) is 0. The molecule has 0 N–H and O–H groups in total. The fourth-order valence-corrected chi connectivity index (χ4v) is 4.35. The average molecular weight is 342 g/mol. The van der Waals surface area contributed by atoms with Crippen LogP contribution in [0.3, 0.4) is 0 Å². The monoisotopic (exact) mass is 342 g/mol. The molecule has 0 unspecified atom stereocenters. The van der Waals surface area contributed by atoms with E-state index in [9.17, 15) is 14.4 Å². The van der Waals surface area contributed by atoms with Gasteiger partial charge in [-0.15, -0.1) is 0 Å². The zero-order valence-corrected chi connectivity index (χ0v) is 13.4. The van der Waals surface area contributed by atoms with Crippen molar-refractivity contribution in [1.29, 1.82) is 0 Å². The van der Waals surface area contributed by atoms with Crippen molar-refractivity contribution in [3.63, 3.8) is 0 Å². The SMILES string of the molecule is O=C(Cn1c(=O)sc2ccccc21)n1c(=O)sc2ccccc21. The summed E-state index contributed by atoms with van der Waals surface area (Å²) in [5, 5.41) is 0. The molecule has 0 saturated heterocycles. The van der Waals surface area contributed by atoms with Gasteiger partial charge in [-0.05, 0) is 24.3 Å². The summed E-state index contributed by atoms with van der Waals surface area (Å²) in [6.45, 7) is -0.149. The molecular formula is C16H10N2O3S2. The van der Waals surface area contributed by atoms with Crippen LogP contribution in [0, 0.1) is 0 Å². The number of rotatable bonds is 2. The Balaban J connectivity index is 1.83. The van der Waals surface area contributed by atoms with Crippen LogP contribution in [-0.4, -0.2) is 15.0 Å². The highest BCUT2D eigenvalue weighted by molar-refractivity contribution is 7.16. The van der Waals surface area contributed by atoms with Gasteiger partial charge in [-0.25, -0.2) is 4.57 Å². The van der Waals surface area contributed by atoms with E-state index in [4.69, 9.17) is 0 Å². The van der Waals surface area contributed by atoms with E-state index in [2.05, 4.69) is 0 Å². The van der Waals surface area contributed by atoms with Gasteiger partial charge in [0, 0.05) is 0 Å². The third-order valence-electron chi connectivity index (χ3n) is 3.60. The average Bonchev–Trinajstić information content (AvgIpc) is 3.04. The number of nitrogens with zero attached hydrogens (tertiary/aromatic N) is 2. The van der Waals surface area contributed by atoms with Crippen LogP contribution in [0.5, 0.6) is 0 Å². The largest absolute Gasteiger partial charge is 0.315 e. The van der Waals surface area contributed by atoms with Gasteiger partial charge in [0.2, 0.25) is 0 Å². The second kappa shape index (κ2) is 5.29. The molecule has 0 aliphatic rings. The number of benzene rings is 2. The number of thiazole rings is 2. The Morgan fingerprint density at radius 2 is 1.39 bits per heavy atom. The Bertz CT molecular complexity index is 1160. The second-order valence-electron chi connectivity index (χ2n) is 4.99. The van der Waals surface area contributed by atoms with Crippen LogP contribution >= 0.6 is 22.7 Å². The number of carbonyl (C=O) groups is 1.